The molecule has 0 fully saturated rings. The first kappa shape index (κ1) is 17.8. The van der Waals surface area contributed by atoms with Crippen molar-refractivity contribution in [3.8, 4) is 5.75 Å². The van der Waals surface area contributed by atoms with Gasteiger partial charge in [-0.2, -0.15) is 0 Å². The lowest BCUT2D eigenvalue weighted by Gasteiger charge is -2.09. The summed E-state index contributed by atoms with van der Waals surface area (Å²) in [6.07, 6.45) is 7.14. The van der Waals surface area contributed by atoms with E-state index >= 15 is 0 Å². The van der Waals surface area contributed by atoms with E-state index in [1.165, 1.54) is 0 Å². The van der Waals surface area contributed by atoms with Gasteiger partial charge in [0.1, 0.15) is 5.75 Å². The number of allylic oxidation sites excluding steroid dienone is 1. The fourth-order valence-electron chi connectivity index (χ4n) is 3.44. The number of rotatable bonds is 5. The molecule has 2 aromatic heterocycles. The number of aryl methyl sites for hydroxylation is 2. The minimum Gasteiger partial charge on any atom is -0.497 e. The predicted molar refractivity (Wildman–Crippen MR) is 111 cm³/mol. The van der Waals surface area contributed by atoms with E-state index < -0.39 is 0 Å². The van der Waals surface area contributed by atoms with Crippen LogP contribution in [0.4, 0.5) is 0 Å². The number of ketones is 1. The molecule has 0 atom stereocenters. The van der Waals surface area contributed by atoms with Gasteiger partial charge in [0.15, 0.2) is 5.82 Å². The molecule has 2 heterocycles. The number of benzene rings is 2. The minimum atomic E-state index is -0.133. The van der Waals surface area contributed by atoms with Crippen molar-refractivity contribution < 1.29 is 9.53 Å². The molecule has 0 spiro atoms. The topological polar surface area (TPSA) is 49.0 Å². The third-order valence-corrected chi connectivity index (χ3v) is 4.91. The Kier molecular flexibility index (Phi) is 4.57. The zero-order chi connectivity index (χ0) is 19.7. The summed E-state index contributed by atoms with van der Waals surface area (Å²) in [6, 6.07) is 15.9. The normalized spacial score (nSPS) is 11.8. The molecule has 0 aliphatic heterocycles. The van der Waals surface area contributed by atoms with Gasteiger partial charge in [0.25, 0.3) is 0 Å². The largest absolute Gasteiger partial charge is 0.497 e. The molecular weight excluding hydrogens is 350 g/mol. The van der Waals surface area contributed by atoms with Crippen LogP contribution in [0.15, 0.2) is 73.2 Å². The summed E-state index contributed by atoms with van der Waals surface area (Å²) in [5.41, 5.74) is 3.92. The fraction of sp³-hybridized carbons (Fsp3) is 0.130. The summed E-state index contributed by atoms with van der Waals surface area (Å²) < 4.78 is 9.09. The Morgan fingerprint density at radius 3 is 2.46 bits per heavy atom. The molecule has 0 N–H and O–H groups in total. The first-order valence-electron chi connectivity index (χ1n) is 9.00. The Morgan fingerprint density at radius 1 is 1.04 bits per heavy atom. The lowest BCUT2D eigenvalue weighted by Crippen LogP contribution is -2.05. The number of para-hydroxylation sites is 1. The van der Waals surface area contributed by atoms with Crippen LogP contribution in [0.25, 0.3) is 16.5 Å². The predicted octanol–water partition coefficient (Wildman–Crippen LogP) is 4.24. The lowest BCUT2D eigenvalue weighted by molar-refractivity contribution is 0.103. The Labute approximate surface area is 163 Å². The van der Waals surface area contributed by atoms with Crippen LogP contribution >= 0.6 is 0 Å². The van der Waals surface area contributed by atoms with Crippen LogP contribution in [0, 0.1) is 0 Å². The minimum absolute atomic E-state index is 0.133. The number of ether oxygens (including phenoxy) is 1. The summed E-state index contributed by atoms with van der Waals surface area (Å²) in [4.78, 5) is 17.2. The van der Waals surface area contributed by atoms with Gasteiger partial charge < -0.3 is 13.9 Å². The van der Waals surface area contributed by atoms with Crippen molar-refractivity contribution >= 4 is 22.3 Å². The second-order valence-electron chi connectivity index (χ2n) is 6.68. The first-order chi connectivity index (χ1) is 13.6. The molecule has 0 saturated carbocycles. The first-order valence-corrected chi connectivity index (χ1v) is 9.00. The van der Waals surface area contributed by atoms with Crippen molar-refractivity contribution in [3.63, 3.8) is 0 Å². The standard InChI is InChI=1S/C23H21N3O2/c1-25-13-12-24-23(25)22(27)14-19(16-8-10-17(28-3)11-9-16)20-15-26(2)21-7-5-4-6-18(20)21/h4-15H,1-3H3/b19-14+. The van der Waals surface area contributed by atoms with E-state index in [0.717, 1.165) is 33.4 Å². The van der Waals surface area contributed by atoms with Gasteiger partial charge in [0.2, 0.25) is 5.78 Å². The number of hydrogen-bond donors (Lipinski definition) is 0. The van der Waals surface area contributed by atoms with Crippen LogP contribution in [-0.4, -0.2) is 27.0 Å². The zero-order valence-corrected chi connectivity index (χ0v) is 16.1. The van der Waals surface area contributed by atoms with Crippen LogP contribution < -0.4 is 4.74 Å². The molecule has 4 aromatic rings. The number of nitrogens with zero attached hydrogens (tertiary/aromatic N) is 3. The maximum Gasteiger partial charge on any atom is 0.221 e. The Balaban J connectivity index is 1.91. The molecule has 0 bridgehead atoms. The van der Waals surface area contributed by atoms with E-state index in [2.05, 4.69) is 27.9 Å². The number of hydrogen-bond acceptors (Lipinski definition) is 3. The van der Waals surface area contributed by atoms with Gasteiger partial charge in [-0.15, -0.1) is 0 Å². The smallest absolute Gasteiger partial charge is 0.221 e. The number of fused-ring (bicyclic) bond motifs is 1. The van der Waals surface area contributed by atoms with E-state index in [-0.39, 0.29) is 5.78 Å². The zero-order valence-electron chi connectivity index (χ0n) is 16.1. The van der Waals surface area contributed by atoms with E-state index in [0.29, 0.717) is 5.82 Å². The SMILES string of the molecule is COc1ccc(/C(=C\C(=O)c2nccn2C)c2cn(C)c3ccccc23)cc1. The molecule has 5 nitrogen and oxygen atoms in total. The third kappa shape index (κ3) is 3.11. The second-order valence-corrected chi connectivity index (χ2v) is 6.68. The van der Waals surface area contributed by atoms with Crippen molar-refractivity contribution in [1.29, 1.82) is 0 Å². The van der Waals surface area contributed by atoms with Crippen molar-refractivity contribution in [2.45, 2.75) is 0 Å². The van der Waals surface area contributed by atoms with Crippen molar-refractivity contribution in [1.82, 2.24) is 14.1 Å². The van der Waals surface area contributed by atoms with Crippen LogP contribution in [0.3, 0.4) is 0 Å². The van der Waals surface area contributed by atoms with Gasteiger partial charge >= 0.3 is 0 Å². The molecule has 0 aliphatic carbocycles. The van der Waals surface area contributed by atoms with Crippen LogP contribution in [0.2, 0.25) is 0 Å². The average Bonchev–Trinajstić information content (AvgIpc) is 3.30. The molecule has 0 unspecified atom stereocenters. The lowest BCUT2D eigenvalue weighted by atomic mass is 9.96. The maximum atomic E-state index is 13.0. The molecule has 5 heteroatoms. The summed E-state index contributed by atoms with van der Waals surface area (Å²) in [6.45, 7) is 0. The number of methoxy groups -OCH3 is 1. The highest BCUT2D eigenvalue weighted by atomic mass is 16.5. The number of imidazole rings is 1. The van der Waals surface area contributed by atoms with Gasteiger partial charge in [0.05, 0.1) is 7.11 Å². The number of carbonyl (C=O) groups excluding carboxylic acids is 1. The Hall–Kier alpha value is -3.60. The molecular formula is C23H21N3O2. The van der Waals surface area contributed by atoms with E-state index in [1.807, 2.05) is 50.5 Å². The second kappa shape index (κ2) is 7.19. The van der Waals surface area contributed by atoms with Crippen molar-refractivity contribution in [2.75, 3.05) is 7.11 Å². The quantitative estimate of drug-likeness (QED) is 0.390. The van der Waals surface area contributed by atoms with E-state index in [9.17, 15) is 4.79 Å². The molecule has 140 valence electrons. The van der Waals surface area contributed by atoms with Crippen molar-refractivity contribution in [3.05, 3.63) is 90.1 Å². The van der Waals surface area contributed by atoms with Crippen LogP contribution in [0.1, 0.15) is 21.7 Å². The fourth-order valence-corrected chi connectivity index (χ4v) is 3.44. The molecule has 28 heavy (non-hydrogen) atoms. The summed E-state index contributed by atoms with van der Waals surface area (Å²) in [5.74, 6) is 1.05. The van der Waals surface area contributed by atoms with Gasteiger partial charge in [-0.3, -0.25) is 4.79 Å². The summed E-state index contributed by atoms with van der Waals surface area (Å²) in [5, 5.41) is 1.10. The van der Waals surface area contributed by atoms with Crippen molar-refractivity contribution in [2.24, 2.45) is 14.1 Å². The van der Waals surface area contributed by atoms with Gasteiger partial charge in [-0.1, -0.05) is 30.3 Å². The highest BCUT2D eigenvalue weighted by Gasteiger charge is 2.16. The average molecular weight is 371 g/mol. The van der Waals surface area contributed by atoms with E-state index in [4.69, 9.17) is 4.74 Å². The van der Waals surface area contributed by atoms with Gasteiger partial charge in [-0.25, -0.2) is 4.98 Å². The molecule has 4 rings (SSSR count). The summed E-state index contributed by atoms with van der Waals surface area (Å²) >= 11 is 0. The van der Waals surface area contributed by atoms with Gasteiger partial charge in [-0.05, 0) is 35.4 Å². The number of aromatic nitrogens is 3. The van der Waals surface area contributed by atoms with Crippen LogP contribution in [0.5, 0.6) is 5.75 Å². The molecule has 0 saturated heterocycles. The molecule has 0 radical (unpaired) electrons. The van der Waals surface area contributed by atoms with E-state index in [1.54, 1.807) is 30.1 Å². The molecule has 2 aromatic carbocycles. The molecule has 0 aliphatic rings. The van der Waals surface area contributed by atoms with Crippen LogP contribution in [-0.2, 0) is 14.1 Å². The highest BCUT2D eigenvalue weighted by Crippen LogP contribution is 2.32. The highest BCUT2D eigenvalue weighted by molar-refractivity contribution is 6.10. The molecule has 0 amide bonds. The monoisotopic (exact) mass is 371 g/mol. The summed E-state index contributed by atoms with van der Waals surface area (Å²) in [7, 11) is 5.47. The van der Waals surface area contributed by atoms with Gasteiger partial charge in [0, 0.05) is 49.2 Å². The Bertz CT molecular complexity index is 1180. The Morgan fingerprint density at radius 2 is 1.79 bits per heavy atom. The third-order valence-electron chi connectivity index (χ3n) is 4.91. The maximum absolute atomic E-state index is 13.0. The number of carbonyl (C=O) groups is 1.